The molecule has 24 heavy (non-hydrogen) atoms. The molecule has 1 aliphatic heterocycles. The second-order valence-corrected chi connectivity index (χ2v) is 6.47. The lowest BCUT2D eigenvalue weighted by atomic mass is 10.1. The minimum absolute atomic E-state index is 0.0710. The summed E-state index contributed by atoms with van der Waals surface area (Å²) >= 11 is 0. The molecule has 2 aliphatic rings. The number of benzene rings is 1. The van der Waals surface area contributed by atoms with Gasteiger partial charge in [0.15, 0.2) is 0 Å². The van der Waals surface area contributed by atoms with Gasteiger partial charge in [0.1, 0.15) is 11.9 Å². The number of nitrogens with zero attached hydrogens (tertiary/aromatic N) is 3. The maximum Gasteiger partial charge on any atom is 0.225 e. The van der Waals surface area contributed by atoms with Gasteiger partial charge in [-0.2, -0.15) is 5.26 Å². The van der Waals surface area contributed by atoms with Crippen LogP contribution in [0.1, 0.15) is 23.1 Å². The van der Waals surface area contributed by atoms with Gasteiger partial charge < -0.3 is 10.2 Å². The molecule has 1 atom stereocenters. The zero-order valence-corrected chi connectivity index (χ0v) is 13.3. The molecule has 1 aromatic carbocycles. The third-order valence-electron chi connectivity index (χ3n) is 4.87. The van der Waals surface area contributed by atoms with E-state index >= 15 is 0 Å². The first-order valence-corrected chi connectivity index (χ1v) is 8.22. The highest BCUT2D eigenvalue weighted by Gasteiger charge is 2.36. The van der Waals surface area contributed by atoms with Crippen LogP contribution in [0.15, 0.2) is 42.6 Å². The lowest BCUT2D eigenvalue weighted by molar-refractivity contribution is -0.129. The van der Waals surface area contributed by atoms with Crippen LogP contribution in [-0.2, 0) is 17.6 Å². The maximum absolute atomic E-state index is 12.4. The van der Waals surface area contributed by atoms with E-state index in [9.17, 15) is 4.79 Å². The van der Waals surface area contributed by atoms with E-state index in [0.29, 0.717) is 24.3 Å². The van der Waals surface area contributed by atoms with Crippen molar-refractivity contribution in [3.05, 3.63) is 59.3 Å². The van der Waals surface area contributed by atoms with Gasteiger partial charge in [0.05, 0.1) is 11.6 Å². The zero-order chi connectivity index (χ0) is 16.5. The fourth-order valence-corrected chi connectivity index (χ4v) is 3.69. The molecule has 5 heteroatoms. The van der Waals surface area contributed by atoms with Crippen molar-refractivity contribution in [2.45, 2.75) is 31.3 Å². The van der Waals surface area contributed by atoms with E-state index in [1.54, 1.807) is 18.3 Å². The van der Waals surface area contributed by atoms with Crippen LogP contribution >= 0.6 is 0 Å². The molecule has 1 aliphatic carbocycles. The Hall–Kier alpha value is -2.87. The SMILES string of the molecule is N#Cc1ccc(NC2CC(=O)N(C3Cc4ccccc4C3)C2)nc1. The standard InChI is InChI=1S/C19H18N4O/c20-10-13-5-6-18(21-11-13)22-16-9-19(24)23(12-16)17-7-14-3-1-2-4-15(14)8-17/h1-6,11,16-17H,7-9,12H2,(H,21,22). The monoisotopic (exact) mass is 318 g/mol. The molecule has 1 amide bonds. The predicted molar refractivity (Wildman–Crippen MR) is 90.3 cm³/mol. The highest BCUT2D eigenvalue weighted by molar-refractivity contribution is 5.80. The summed E-state index contributed by atoms with van der Waals surface area (Å²) < 4.78 is 0. The number of aromatic nitrogens is 1. The summed E-state index contributed by atoms with van der Waals surface area (Å²) in [4.78, 5) is 18.7. The van der Waals surface area contributed by atoms with E-state index < -0.39 is 0 Å². The number of likely N-dealkylation sites (tertiary alicyclic amines) is 1. The molecule has 0 spiro atoms. The first-order valence-electron chi connectivity index (χ1n) is 8.22. The van der Waals surface area contributed by atoms with Crippen LogP contribution in [-0.4, -0.2) is 34.4 Å². The number of carbonyl (C=O) groups excluding carboxylic acids is 1. The molecule has 120 valence electrons. The molecule has 1 aromatic heterocycles. The topological polar surface area (TPSA) is 69.0 Å². The summed E-state index contributed by atoms with van der Waals surface area (Å²) in [5.41, 5.74) is 3.26. The molecule has 1 saturated heterocycles. The van der Waals surface area contributed by atoms with Gasteiger partial charge in [-0.05, 0) is 36.1 Å². The van der Waals surface area contributed by atoms with Crippen molar-refractivity contribution in [2.75, 3.05) is 11.9 Å². The van der Waals surface area contributed by atoms with Crippen molar-refractivity contribution >= 4 is 11.7 Å². The Morgan fingerprint density at radius 3 is 2.50 bits per heavy atom. The Morgan fingerprint density at radius 1 is 1.12 bits per heavy atom. The Morgan fingerprint density at radius 2 is 1.88 bits per heavy atom. The van der Waals surface area contributed by atoms with Gasteiger partial charge in [-0.3, -0.25) is 4.79 Å². The normalized spacial score (nSPS) is 20.0. The summed E-state index contributed by atoms with van der Waals surface area (Å²) in [5, 5.41) is 12.1. The Kier molecular flexibility index (Phi) is 3.66. The minimum Gasteiger partial charge on any atom is -0.365 e. The lowest BCUT2D eigenvalue weighted by Gasteiger charge is -2.24. The summed E-state index contributed by atoms with van der Waals surface area (Å²) in [7, 11) is 0. The second-order valence-electron chi connectivity index (χ2n) is 6.47. The first kappa shape index (κ1) is 14.7. The molecule has 1 fully saturated rings. The lowest BCUT2D eigenvalue weighted by Crippen LogP contribution is -2.38. The van der Waals surface area contributed by atoms with E-state index in [2.05, 4.69) is 40.6 Å². The van der Waals surface area contributed by atoms with Crippen LogP contribution in [0.2, 0.25) is 0 Å². The average molecular weight is 318 g/mol. The van der Waals surface area contributed by atoms with Crippen molar-refractivity contribution in [3.63, 3.8) is 0 Å². The van der Waals surface area contributed by atoms with Crippen molar-refractivity contribution in [1.82, 2.24) is 9.88 Å². The van der Waals surface area contributed by atoms with Crippen LogP contribution < -0.4 is 5.32 Å². The first-order chi connectivity index (χ1) is 11.7. The number of hydrogen-bond donors (Lipinski definition) is 1. The molecule has 2 aromatic rings. The average Bonchev–Trinajstić information content (AvgIpc) is 3.18. The van der Waals surface area contributed by atoms with Crippen molar-refractivity contribution in [3.8, 4) is 6.07 Å². The molecule has 1 unspecified atom stereocenters. The van der Waals surface area contributed by atoms with Gasteiger partial charge in [-0.15, -0.1) is 0 Å². The number of carbonyl (C=O) groups is 1. The molecule has 0 radical (unpaired) electrons. The molecular weight excluding hydrogens is 300 g/mol. The van der Waals surface area contributed by atoms with Gasteiger partial charge in [-0.25, -0.2) is 4.98 Å². The van der Waals surface area contributed by atoms with Gasteiger partial charge in [0, 0.05) is 25.2 Å². The van der Waals surface area contributed by atoms with Gasteiger partial charge in [0.2, 0.25) is 5.91 Å². The summed E-state index contributed by atoms with van der Waals surface area (Å²) in [6, 6.07) is 14.4. The van der Waals surface area contributed by atoms with Crippen LogP contribution in [0.5, 0.6) is 0 Å². The summed E-state index contributed by atoms with van der Waals surface area (Å²) in [6.07, 6.45) is 3.94. The van der Waals surface area contributed by atoms with E-state index in [1.165, 1.54) is 11.1 Å². The number of rotatable bonds is 3. The summed E-state index contributed by atoms with van der Waals surface area (Å²) in [5.74, 6) is 0.919. The quantitative estimate of drug-likeness (QED) is 0.941. The van der Waals surface area contributed by atoms with Crippen LogP contribution in [0.4, 0.5) is 5.82 Å². The number of hydrogen-bond acceptors (Lipinski definition) is 4. The van der Waals surface area contributed by atoms with Crippen molar-refractivity contribution in [2.24, 2.45) is 0 Å². The number of nitriles is 1. The molecule has 0 bridgehead atoms. The van der Waals surface area contributed by atoms with Gasteiger partial charge in [0.25, 0.3) is 0 Å². The third kappa shape index (κ3) is 2.71. The van der Waals surface area contributed by atoms with Crippen LogP contribution in [0.3, 0.4) is 0 Å². The van der Waals surface area contributed by atoms with Crippen LogP contribution in [0, 0.1) is 11.3 Å². The molecule has 5 nitrogen and oxygen atoms in total. The third-order valence-corrected chi connectivity index (χ3v) is 4.87. The largest absolute Gasteiger partial charge is 0.365 e. The second kappa shape index (κ2) is 5.97. The number of amides is 1. The van der Waals surface area contributed by atoms with E-state index in [1.807, 2.05) is 4.90 Å². The Balaban J connectivity index is 1.41. The number of fused-ring (bicyclic) bond motifs is 1. The van der Waals surface area contributed by atoms with Crippen LogP contribution in [0.25, 0.3) is 0 Å². The zero-order valence-electron chi connectivity index (χ0n) is 13.3. The Bertz CT molecular complexity index is 784. The van der Waals surface area contributed by atoms with Gasteiger partial charge >= 0.3 is 0 Å². The van der Waals surface area contributed by atoms with E-state index in [0.717, 1.165) is 12.8 Å². The summed E-state index contributed by atoms with van der Waals surface area (Å²) in [6.45, 7) is 0.708. The predicted octanol–water partition coefficient (Wildman–Crippen LogP) is 2.13. The van der Waals surface area contributed by atoms with Crippen molar-refractivity contribution in [1.29, 1.82) is 5.26 Å². The number of pyridine rings is 1. The smallest absolute Gasteiger partial charge is 0.225 e. The molecule has 1 N–H and O–H groups in total. The fourth-order valence-electron chi connectivity index (χ4n) is 3.69. The van der Waals surface area contributed by atoms with E-state index in [-0.39, 0.29) is 18.0 Å². The minimum atomic E-state index is 0.0710. The van der Waals surface area contributed by atoms with Gasteiger partial charge in [-0.1, -0.05) is 24.3 Å². The highest BCUT2D eigenvalue weighted by atomic mass is 16.2. The molecule has 4 rings (SSSR count). The van der Waals surface area contributed by atoms with Crippen molar-refractivity contribution < 1.29 is 4.79 Å². The molecular formula is C19H18N4O. The molecule has 2 heterocycles. The number of anilines is 1. The fraction of sp³-hybridized carbons (Fsp3) is 0.316. The maximum atomic E-state index is 12.4. The number of nitrogens with one attached hydrogen (secondary N) is 1. The highest BCUT2D eigenvalue weighted by Crippen LogP contribution is 2.28. The molecule has 0 saturated carbocycles. The Labute approximate surface area is 140 Å². The van der Waals surface area contributed by atoms with E-state index in [4.69, 9.17) is 5.26 Å².